The lowest BCUT2D eigenvalue weighted by molar-refractivity contribution is 0.0206. The van der Waals surface area contributed by atoms with E-state index in [1.165, 1.54) is 36.8 Å². The van der Waals surface area contributed by atoms with Gasteiger partial charge in [-0.25, -0.2) is 0 Å². The zero-order valence-corrected chi connectivity index (χ0v) is 35.9. The Morgan fingerprint density at radius 2 is 1.68 bits per heavy atom. The molecule has 1 saturated carbocycles. The van der Waals surface area contributed by atoms with Crippen LogP contribution in [0.4, 0.5) is 0 Å². The van der Waals surface area contributed by atoms with Gasteiger partial charge in [0, 0.05) is 44.3 Å². The maximum absolute atomic E-state index is 6.50. The number of benzene rings is 1. The molecule has 0 spiro atoms. The molecule has 53 heavy (non-hydrogen) atoms. The maximum atomic E-state index is 6.50. The quantitative estimate of drug-likeness (QED) is 0.107. The summed E-state index contributed by atoms with van der Waals surface area (Å²) in [6.07, 6.45) is 26.4. The SMILES string of the molecule is C=NC1=CCC=CC=C1C(=NCC)N(C)C.CC.CC.CCC(C)(CNCC1CCC(C)CC1)OC1=CC=C(CCNCc2ccc(Cl)cc2)CC=C1. The minimum Gasteiger partial charge on any atom is -0.486 e. The fourth-order valence-corrected chi connectivity index (χ4v) is 6.28. The summed E-state index contributed by atoms with van der Waals surface area (Å²) in [5.41, 5.74) is 4.45. The van der Waals surface area contributed by atoms with Crippen molar-refractivity contribution in [1.82, 2.24) is 15.5 Å². The summed E-state index contributed by atoms with van der Waals surface area (Å²) in [5.74, 6) is 3.67. The van der Waals surface area contributed by atoms with Crippen molar-refractivity contribution in [3.05, 3.63) is 106 Å². The Morgan fingerprint density at radius 1 is 0.981 bits per heavy atom. The molecule has 6 nitrogen and oxygen atoms in total. The third-order valence-corrected chi connectivity index (χ3v) is 9.71. The van der Waals surface area contributed by atoms with Gasteiger partial charge in [-0.15, -0.1) is 0 Å². The molecule has 0 aromatic heterocycles. The summed E-state index contributed by atoms with van der Waals surface area (Å²) in [5, 5.41) is 8.04. The summed E-state index contributed by atoms with van der Waals surface area (Å²) < 4.78 is 6.50. The molecule has 1 aromatic carbocycles. The molecule has 0 heterocycles. The molecule has 0 bridgehead atoms. The van der Waals surface area contributed by atoms with E-state index in [4.69, 9.17) is 16.3 Å². The van der Waals surface area contributed by atoms with E-state index in [9.17, 15) is 0 Å². The zero-order chi connectivity index (χ0) is 39.5. The van der Waals surface area contributed by atoms with Crippen LogP contribution >= 0.6 is 11.6 Å². The molecule has 3 aliphatic carbocycles. The number of rotatable bonds is 15. The highest BCUT2D eigenvalue weighted by atomic mass is 35.5. The molecule has 7 heteroatoms. The van der Waals surface area contributed by atoms with Crippen LogP contribution in [-0.4, -0.2) is 63.3 Å². The molecular formula is C46H74ClN5O. The number of likely N-dealkylation sites (N-methyl/N-ethyl adjacent to an activating group) is 1. The Kier molecular flexibility index (Phi) is 25.5. The second-order valence-corrected chi connectivity index (χ2v) is 14.3. The highest BCUT2D eigenvalue weighted by molar-refractivity contribution is 6.30. The van der Waals surface area contributed by atoms with Crippen LogP contribution in [0.1, 0.15) is 112 Å². The topological polar surface area (TPSA) is 61.2 Å². The van der Waals surface area contributed by atoms with Crippen molar-refractivity contribution in [1.29, 1.82) is 0 Å². The van der Waals surface area contributed by atoms with E-state index in [0.717, 1.165) is 98.1 Å². The van der Waals surface area contributed by atoms with Gasteiger partial charge < -0.3 is 20.3 Å². The average molecular weight is 749 g/mol. The summed E-state index contributed by atoms with van der Waals surface area (Å²) in [6, 6.07) is 8.04. The predicted octanol–water partition coefficient (Wildman–Crippen LogP) is 11.7. The first-order valence-electron chi connectivity index (χ1n) is 20.3. The minimum absolute atomic E-state index is 0.184. The third kappa shape index (κ3) is 19.1. The van der Waals surface area contributed by atoms with Gasteiger partial charge in [-0.2, -0.15) is 0 Å². The Morgan fingerprint density at radius 3 is 2.30 bits per heavy atom. The zero-order valence-electron chi connectivity index (χ0n) is 35.1. The highest BCUT2D eigenvalue weighted by Crippen LogP contribution is 2.28. The lowest BCUT2D eigenvalue weighted by Crippen LogP contribution is -2.41. The number of halogens is 1. The molecule has 1 fully saturated rings. The average Bonchev–Trinajstić information content (AvgIpc) is 3.56. The fourth-order valence-electron chi connectivity index (χ4n) is 6.15. The number of aliphatic imine (C=N–C) groups is 2. The van der Waals surface area contributed by atoms with Gasteiger partial charge in [0.15, 0.2) is 0 Å². The van der Waals surface area contributed by atoms with Crippen molar-refractivity contribution in [3.63, 3.8) is 0 Å². The van der Waals surface area contributed by atoms with Crippen molar-refractivity contribution in [2.45, 2.75) is 119 Å². The Balaban J connectivity index is 0.000000589. The maximum Gasteiger partial charge on any atom is 0.132 e. The van der Waals surface area contributed by atoms with Crippen LogP contribution in [0.15, 0.2) is 105 Å². The Labute approximate surface area is 330 Å². The molecule has 0 amide bonds. The molecule has 1 unspecified atom stereocenters. The highest BCUT2D eigenvalue weighted by Gasteiger charge is 2.26. The number of ether oxygens (including phenoxy) is 1. The van der Waals surface area contributed by atoms with Gasteiger partial charge in [-0.1, -0.05) is 114 Å². The minimum atomic E-state index is -0.184. The predicted molar refractivity (Wildman–Crippen MR) is 235 cm³/mol. The third-order valence-electron chi connectivity index (χ3n) is 9.46. The van der Waals surface area contributed by atoms with Gasteiger partial charge in [0.05, 0.1) is 5.70 Å². The van der Waals surface area contributed by atoms with Gasteiger partial charge in [-0.3, -0.25) is 9.98 Å². The first-order chi connectivity index (χ1) is 25.7. The number of hydrogen-bond acceptors (Lipinski definition) is 5. The van der Waals surface area contributed by atoms with E-state index in [1.807, 2.05) is 77.9 Å². The van der Waals surface area contributed by atoms with E-state index < -0.39 is 0 Å². The van der Waals surface area contributed by atoms with E-state index in [-0.39, 0.29) is 5.60 Å². The second kappa shape index (κ2) is 28.3. The molecule has 0 radical (unpaired) electrons. The van der Waals surface area contributed by atoms with Crippen LogP contribution in [0, 0.1) is 11.8 Å². The molecule has 2 N–H and O–H groups in total. The normalized spacial score (nSPS) is 19.3. The van der Waals surface area contributed by atoms with Gasteiger partial charge >= 0.3 is 0 Å². The fraction of sp³-hybridized carbons (Fsp3) is 0.565. The monoisotopic (exact) mass is 748 g/mol. The smallest absolute Gasteiger partial charge is 0.132 e. The van der Waals surface area contributed by atoms with Crippen LogP contribution in [0.2, 0.25) is 5.02 Å². The molecule has 0 saturated heterocycles. The van der Waals surface area contributed by atoms with Crippen LogP contribution in [0.3, 0.4) is 0 Å². The van der Waals surface area contributed by atoms with Crippen LogP contribution in [0.5, 0.6) is 0 Å². The molecule has 4 rings (SSSR count). The lowest BCUT2D eigenvalue weighted by atomic mass is 9.83. The molecular weight excluding hydrogens is 674 g/mol. The van der Waals surface area contributed by atoms with Gasteiger partial charge in [0.2, 0.25) is 0 Å². The molecule has 3 aliphatic rings. The standard InChI is InChI=1S/C29H43ClN2O.C13H19N3.2C2H6/c1-4-29(3,22-32-21-25-10-8-23(2)9-11-25)33-28-7-5-6-24(14-17-28)18-19-31-20-26-12-15-27(30)16-13-26;1-5-15-13(16(3)4)11-9-7-6-8-10-12(11)14-2;2*1-2/h5,7,12-17,23,25,31-32H,4,6,8-11,18-22H2,1-3H3;6-7,9-10H,2,5,8H2,1,3-4H3;2*1-2H3. The molecule has 1 aromatic rings. The van der Waals surface area contributed by atoms with Crippen molar-refractivity contribution >= 4 is 24.2 Å². The van der Waals surface area contributed by atoms with Crippen LogP contribution < -0.4 is 10.6 Å². The summed E-state index contributed by atoms with van der Waals surface area (Å²) in [7, 11) is 3.98. The van der Waals surface area contributed by atoms with Crippen molar-refractivity contribution < 1.29 is 4.74 Å². The van der Waals surface area contributed by atoms with E-state index in [2.05, 4.69) is 96.7 Å². The number of allylic oxidation sites excluding steroid dienone is 8. The summed E-state index contributed by atoms with van der Waals surface area (Å²) in [6.45, 7) is 25.1. The number of amidine groups is 1. The Hall–Kier alpha value is -3.19. The van der Waals surface area contributed by atoms with Crippen molar-refractivity contribution in [2.24, 2.45) is 21.8 Å². The first-order valence-corrected chi connectivity index (χ1v) is 20.7. The largest absolute Gasteiger partial charge is 0.486 e. The van der Waals surface area contributed by atoms with E-state index >= 15 is 0 Å². The van der Waals surface area contributed by atoms with E-state index in [0.29, 0.717) is 0 Å². The summed E-state index contributed by atoms with van der Waals surface area (Å²) in [4.78, 5) is 10.6. The second-order valence-electron chi connectivity index (χ2n) is 13.9. The van der Waals surface area contributed by atoms with Crippen LogP contribution in [0.25, 0.3) is 0 Å². The number of hydrogen-bond donors (Lipinski definition) is 2. The first kappa shape index (κ1) is 47.8. The van der Waals surface area contributed by atoms with Crippen molar-refractivity contribution in [2.75, 3.05) is 40.3 Å². The molecule has 0 aliphatic heterocycles. The van der Waals surface area contributed by atoms with Crippen molar-refractivity contribution in [3.8, 4) is 0 Å². The van der Waals surface area contributed by atoms with Gasteiger partial charge in [0.1, 0.15) is 17.2 Å². The van der Waals surface area contributed by atoms with Gasteiger partial charge in [-0.05, 0) is 120 Å². The Bertz CT molecular complexity index is 1380. The molecule has 1 atom stereocenters. The lowest BCUT2D eigenvalue weighted by Gasteiger charge is -2.32. The number of nitrogens with zero attached hydrogens (tertiary/aromatic N) is 3. The van der Waals surface area contributed by atoms with Gasteiger partial charge in [0.25, 0.3) is 0 Å². The number of nitrogens with one attached hydrogen (secondary N) is 2. The molecule has 296 valence electrons. The van der Waals surface area contributed by atoms with E-state index in [1.54, 1.807) is 0 Å². The summed E-state index contributed by atoms with van der Waals surface area (Å²) >= 11 is 5.96. The van der Waals surface area contributed by atoms with Crippen LogP contribution in [-0.2, 0) is 11.3 Å².